The second-order valence-corrected chi connectivity index (χ2v) is 9.56. The molecule has 0 N–H and O–H groups in total. The van der Waals surface area contributed by atoms with Crippen molar-refractivity contribution in [2.75, 3.05) is 0 Å². The van der Waals surface area contributed by atoms with Gasteiger partial charge in [-0.2, -0.15) is 5.26 Å². The maximum Gasteiger partial charge on any atom is 0.137 e. The fourth-order valence-electron chi connectivity index (χ4n) is 7.66. The molecule has 2 heteroatoms. The predicted molar refractivity (Wildman–Crippen MR) is 102 cm³/mol. The van der Waals surface area contributed by atoms with Gasteiger partial charge in [-0.1, -0.05) is 40.5 Å². The number of carbonyl (C=O) groups is 1. The summed E-state index contributed by atoms with van der Waals surface area (Å²) in [5.41, 5.74) is 0.402. The minimum atomic E-state index is 0.117. The van der Waals surface area contributed by atoms with E-state index >= 15 is 0 Å². The van der Waals surface area contributed by atoms with E-state index in [0.29, 0.717) is 35.9 Å². The lowest BCUT2D eigenvalue weighted by Gasteiger charge is -2.59. The Morgan fingerprint density at radius 1 is 1.04 bits per heavy atom. The summed E-state index contributed by atoms with van der Waals surface area (Å²) in [6, 6.07) is 2.40. The number of nitriles is 1. The highest BCUT2D eigenvalue weighted by Crippen LogP contribution is 2.66. The molecule has 0 aromatic heterocycles. The lowest BCUT2D eigenvalue weighted by molar-refractivity contribution is -0.157. The maximum atomic E-state index is 13.3. The van der Waals surface area contributed by atoms with E-state index < -0.39 is 0 Å². The first-order valence-corrected chi connectivity index (χ1v) is 10.9. The van der Waals surface area contributed by atoms with Gasteiger partial charge in [-0.15, -0.1) is 0 Å². The van der Waals surface area contributed by atoms with Crippen LogP contribution in [-0.4, -0.2) is 5.78 Å². The molecular weight excluding hydrogens is 306 g/mol. The Morgan fingerprint density at radius 2 is 1.80 bits per heavy atom. The Labute approximate surface area is 154 Å². The largest absolute Gasteiger partial charge is 0.299 e. The molecule has 4 aliphatic rings. The zero-order chi connectivity index (χ0) is 18.2. The number of ketones is 1. The first kappa shape index (κ1) is 18.9. The summed E-state index contributed by atoms with van der Waals surface area (Å²) in [6.07, 6.45) is 11.8. The van der Waals surface area contributed by atoms with Gasteiger partial charge in [0.25, 0.3) is 0 Å². The van der Waals surface area contributed by atoms with Crippen molar-refractivity contribution < 1.29 is 4.79 Å². The number of fused-ring (bicyclic) bond motifs is 5. The molecule has 0 bridgehead atoms. The number of hydrogen-bond donors (Lipinski definition) is 0. The summed E-state index contributed by atoms with van der Waals surface area (Å²) in [4.78, 5) is 13.3. The zero-order valence-electron chi connectivity index (χ0n) is 16.8. The average Bonchev–Trinajstić information content (AvgIpc) is 2.92. The molecular formula is C23H37NO. The standard InChI is InChI=1S/C21H31NO.C2H6/c1-20-11-4-3-5-14(20)6-8-16-17-9-7-15(10-12-22)21(17,2)13-18(23)19(16)20;1-2/h14-17,19H,3-11,13H2,1-2H3;1-2H3. The third kappa shape index (κ3) is 2.77. The van der Waals surface area contributed by atoms with Gasteiger partial charge in [0.15, 0.2) is 0 Å². The molecule has 4 fully saturated rings. The number of carbonyl (C=O) groups excluding carboxylic acids is 1. The van der Waals surface area contributed by atoms with Crippen molar-refractivity contribution in [3.8, 4) is 6.07 Å². The monoisotopic (exact) mass is 343 g/mol. The maximum absolute atomic E-state index is 13.3. The van der Waals surface area contributed by atoms with Crippen LogP contribution >= 0.6 is 0 Å². The van der Waals surface area contributed by atoms with E-state index in [0.717, 1.165) is 12.3 Å². The second-order valence-electron chi connectivity index (χ2n) is 9.56. The number of nitrogens with zero attached hydrogens (tertiary/aromatic N) is 1. The van der Waals surface area contributed by atoms with Gasteiger partial charge in [-0.3, -0.25) is 4.79 Å². The fourth-order valence-corrected chi connectivity index (χ4v) is 7.66. The highest BCUT2D eigenvalue weighted by molar-refractivity contribution is 5.84. The molecule has 7 atom stereocenters. The highest BCUT2D eigenvalue weighted by atomic mass is 16.1. The number of rotatable bonds is 1. The minimum absolute atomic E-state index is 0.117. The van der Waals surface area contributed by atoms with E-state index in [4.69, 9.17) is 0 Å². The van der Waals surface area contributed by atoms with Crippen molar-refractivity contribution in [3.63, 3.8) is 0 Å². The zero-order valence-corrected chi connectivity index (χ0v) is 16.8. The van der Waals surface area contributed by atoms with Gasteiger partial charge in [0.2, 0.25) is 0 Å². The van der Waals surface area contributed by atoms with Crippen molar-refractivity contribution >= 4 is 5.78 Å². The molecule has 4 aliphatic carbocycles. The molecule has 4 saturated carbocycles. The van der Waals surface area contributed by atoms with Crippen LogP contribution in [0.2, 0.25) is 0 Å². The molecule has 0 aromatic rings. The van der Waals surface area contributed by atoms with Gasteiger partial charge in [-0.25, -0.2) is 0 Å². The minimum Gasteiger partial charge on any atom is -0.299 e. The van der Waals surface area contributed by atoms with Crippen LogP contribution in [0.4, 0.5) is 0 Å². The lowest BCUT2D eigenvalue weighted by Crippen LogP contribution is -2.56. The predicted octanol–water partition coefficient (Wildman–Crippen LogP) is 6.15. The summed E-state index contributed by atoms with van der Waals surface area (Å²) in [6.45, 7) is 8.80. The van der Waals surface area contributed by atoms with Crippen LogP contribution in [0.15, 0.2) is 0 Å². The molecule has 0 aromatic carbocycles. The van der Waals surface area contributed by atoms with Crippen molar-refractivity contribution in [1.29, 1.82) is 5.26 Å². The van der Waals surface area contributed by atoms with Crippen LogP contribution in [-0.2, 0) is 4.79 Å². The molecule has 0 saturated heterocycles. The van der Waals surface area contributed by atoms with Crippen LogP contribution in [0, 0.1) is 51.8 Å². The van der Waals surface area contributed by atoms with Crippen molar-refractivity contribution in [2.45, 2.75) is 91.9 Å². The molecule has 0 spiro atoms. The van der Waals surface area contributed by atoms with Gasteiger partial charge in [0.1, 0.15) is 5.78 Å². The lowest BCUT2D eigenvalue weighted by atomic mass is 9.44. The Hall–Kier alpha value is -0.840. The third-order valence-electron chi connectivity index (χ3n) is 8.80. The quantitative estimate of drug-likeness (QED) is 0.572. The Balaban J connectivity index is 0.000000880. The summed E-state index contributed by atoms with van der Waals surface area (Å²) in [5, 5.41) is 9.19. The van der Waals surface area contributed by atoms with Gasteiger partial charge >= 0.3 is 0 Å². The van der Waals surface area contributed by atoms with Crippen LogP contribution in [0.3, 0.4) is 0 Å². The normalized spacial score (nSPS) is 48.3. The van der Waals surface area contributed by atoms with Gasteiger partial charge in [-0.05, 0) is 73.0 Å². The van der Waals surface area contributed by atoms with E-state index in [1.807, 2.05) is 13.8 Å². The van der Waals surface area contributed by atoms with Crippen LogP contribution in [0.5, 0.6) is 0 Å². The Kier molecular flexibility index (Phi) is 5.34. The van der Waals surface area contributed by atoms with Gasteiger partial charge in [0, 0.05) is 18.8 Å². The second kappa shape index (κ2) is 7.05. The molecule has 0 aliphatic heterocycles. The van der Waals surface area contributed by atoms with Crippen molar-refractivity contribution in [2.24, 2.45) is 40.4 Å². The van der Waals surface area contributed by atoms with E-state index in [-0.39, 0.29) is 10.8 Å². The Morgan fingerprint density at radius 3 is 2.52 bits per heavy atom. The molecule has 0 radical (unpaired) electrons. The highest BCUT2D eigenvalue weighted by Gasteiger charge is 2.62. The molecule has 0 amide bonds. The molecule has 2 nitrogen and oxygen atoms in total. The SMILES string of the molecule is CC.CC12CC(=O)C3C(CCC4CCCCC43C)C1CCC2CC#N. The van der Waals surface area contributed by atoms with Crippen molar-refractivity contribution in [3.05, 3.63) is 0 Å². The van der Waals surface area contributed by atoms with Gasteiger partial charge in [0.05, 0.1) is 6.07 Å². The molecule has 7 unspecified atom stereocenters. The summed E-state index contributed by atoms with van der Waals surface area (Å²) in [5.74, 6) is 3.46. The Bertz CT molecular complexity index is 549. The summed E-state index contributed by atoms with van der Waals surface area (Å²) < 4.78 is 0. The summed E-state index contributed by atoms with van der Waals surface area (Å²) in [7, 11) is 0. The first-order valence-electron chi connectivity index (χ1n) is 10.9. The van der Waals surface area contributed by atoms with E-state index in [1.54, 1.807) is 0 Å². The van der Waals surface area contributed by atoms with E-state index in [9.17, 15) is 10.1 Å². The number of hydrogen-bond acceptors (Lipinski definition) is 2. The van der Waals surface area contributed by atoms with Crippen LogP contribution < -0.4 is 0 Å². The first-order chi connectivity index (χ1) is 12.0. The van der Waals surface area contributed by atoms with E-state index in [2.05, 4.69) is 19.9 Å². The van der Waals surface area contributed by atoms with E-state index in [1.165, 1.54) is 51.4 Å². The third-order valence-corrected chi connectivity index (χ3v) is 8.80. The topological polar surface area (TPSA) is 40.9 Å². The molecule has 4 rings (SSSR count). The molecule has 25 heavy (non-hydrogen) atoms. The summed E-state index contributed by atoms with van der Waals surface area (Å²) >= 11 is 0. The molecule has 0 heterocycles. The van der Waals surface area contributed by atoms with Gasteiger partial charge < -0.3 is 0 Å². The molecule has 140 valence electrons. The average molecular weight is 344 g/mol. The number of Topliss-reactive ketones (excluding diaryl/α,β-unsaturated/α-hetero) is 1. The van der Waals surface area contributed by atoms with Crippen molar-refractivity contribution in [1.82, 2.24) is 0 Å². The fraction of sp³-hybridized carbons (Fsp3) is 0.913. The smallest absolute Gasteiger partial charge is 0.137 e. The van der Waals surface area contributed by atoms with Crippen LogP contribution in [0.1, 0.15) is 91.9 Å². The van der Waals surface area contributed by atoms with Crippen LogP contribution in [0.25, 0.3) is 0 Å².